The average Bonchev–Trinajstić information content (AvgIpc) is 2.07. The molecule has 88 valence electrons. The summed E-state index contributed by atoms with van der Waals surface area (Å²) in [5, 5.41) is 14.0. The van der Waals surface area contributed by atoms with Crippen LogP contribution >= 0.6 is 15.9 Å². The van der Waals surface area contributed by atoms with Crippen molar-refractivity contribution in [2.75, 3.05) is 5.32 Å². The number of nitrogens with zero attached hydrogens (tertiary/aromatic N) is 2. The Morgan fingerprint density at radius 3 is 2.50 bits per heavy atom. The molecule has 0 bridgehead atoms. The summed E-state index contributed by atoms with van der Waals surface area (Å²) in [5.74, 6) is 0.536. The van der Waals surface area contributed by atoms with Crippen LogP contribution in [0.1, 0.15) is 26.3 Å². The molecule has 0 radical (unpaired) electrons. The maximum Gasteiger partial charge on any atom is 0.278 e. The third-order valence-corrected chi connectivity index (χ3v) is 2.31. The summed E-state index contributed by atoms with van der Waals surface area (Å²) in [4.78, 5) is 14.6. The van der Waals surface area contributed by atoms with Crippen LogP contribution < -0.4 is 5.32 Å². The van der Waals surface area contributed by atoms with Gasteiger partial charge < -0.3 is 5.32 Å². The molecule has 0 aliphatic carbocycles. The summed E-state index contributed by atoms with van der Waals surface area (Å²) in [5.41, 5.74) is 0.420. The van der Waals surface area contributed by atoms with Gasteiger partial charge in [-0.05, 0) is 43.6 Å². The van der Waals surface area contributed by atoms with Crippen LogP contribution in [-0.2, 0) is 0 Å². The second-order valence-corrected chi connectivity index (χ2v) is 5.38. The first-order chi connectivity index (χ1) is 7.20. The molecular formula is C10H14BrN3O2. The van der Waals surface area contributed by atoms with Gasteiger partial charge in [0.05, 0.1) is 10.5 Å². The Balaban J connectivity index is 3.25. The first-order valence-corrected chi connectivity index (χ1v) is 5.60. The van der Waals surface area contributed by atoms with E-state index in [1.165, 1.54) is 6.07 Å². The number of pyridine rings is 1. The number of hydrogen-bond donors (Lipinski definition) is 1. The standard InChI is InChI=1S/C10H14BrN3O2/c1-6-7(14(15)16)5-8(11)12-9(6)13-10(2,3)4/h5H,1-4H3,(H,12,13). The smallest absolute Gasteiger partial charge is 0.278 e. The van der Waals surface area contributed by atoms with Crippen molar-refractivity contribution in [2.45, 2.75) is 33.2 Å². The van der Waals surface area contributed by atoms with Crippen LogP contribution in [0.5, 0.6) is 0 Å². The molecule has 1 N–H and O–H groups in total. The molecule has 16 heavy (non-hydrogen) atoms. The minimum absolute atomic E-state index is 0.0635. The van der Waals surface area contributed by atoms with Gasteiger partial charge in [-0.2, -0.15) is 0 Å². The Morgan fingerprint density at radius 1 is 1.50 bits per heavy atom. The van der Waals surface area contributed by atoms with E-state index in [1.54, 1.807) is 6.92 Å². The zero-order valence-electron chi connectivity index (χ0n) is 9.67. The second-order valence-electron chi connectivity index (χ2n) is 4.57. The van der Waals surface area contributed by atoms with Crippen molar-refractivity contribution in [3.63, 3.8) is 0 Å². The highest BCUT2D eigenvalue weighted by Crippen LogP contribution is 2.28. The predicted molar refractivity (Wildman–Crippen MR) is 66.7 cm³/mol. The van der Waals surface area contributed by atoms with Gasteiger partial charge in [-0.1, -0.05) is 0 Å². The van der Waals surface area contributed by atoms with Crippen molar-refractivity contribution in [1.29, 1.82) is 0 Å². The van der Waals surface area contributed by atoms with Crippen molar-refractivity contribution in [1.82, 2.24) is 4.98 Å². The number of aromatic nitrogens is 1. The van der Waals surface area contributed by atoms with E-state index in [1.807, 2.05) is 20.8 Å². The first-order valence-electron chi connectivity index (χ1n) is 4.80. The minimum Gasteiger partial charge on any atom is -0.365 e. The fraction of sp³-hybridized carbons (Fsp3) is 0.500. The molecule has 0 saturated carbocycles. The van der Waals surface area contributed by atoms with Gasteiger partial charge in [0, 0.05) is 11.6 Å². The van der Waals surface area contributed by atoms with E-state index in [0.29, 0.717) is 16.0 Å². The van der Waals surface area contributed by atoms with Crippen molar-refractivity contribution in [2.24, 2.45) is 0 Å². The van der Waals surface area contributed by atoms with Crippen LogP contribution in [0.3, 0.4) is 0 Å². The van der Waals surface area contributed by atoms with Gasteiger partial charge in [0.1, 0.15) is 10.4 Å². The lowest BCUT2D eigenvalue weighted by Crippen LogP contribution is -2.27. The number of anilines is 1. The van der Waals surface area contributed by atoms with E-state index in [4.69, 9.17) is 0 Å². The predicted octanol–water partition coefficient (Wildman–Crippen LogP) is 3.27. The monoisotopic (exact) mass is 287 g/mol. The van der Waals surface area contributed by atoms with Crippen LogP contribution in [0.25, 0.3) is 0 Å². The molecule has 0 saturated heterocycles. The highest BCUT2D eigenvalue weighted by Gasteiger charge is 2.20. The molecule has 6 heteroatoms. The molecular weight excluding hydrogens is 274 g/mol. The molecule has 1 aromatic rings. The van der Waals surface area contributed by atoms with Crippen LogP contribution in [0.15, 0.2) is 10.7 Å². The van der Waals surface area contributed by atoms with Crippen molar-refractivity contribution < 1.29 is 4.92 Å². The molecule has 1 heterocycles. The molecule has 0 aliphatic heterocycles. The summed E-state index contributed by atoms with van der Waals surface area (Å²) in [7, 11) is 0. The first kappa shape index (κ1) is 12.9. The number of nitro groups is 1. The molecule has 0 spiro atoms. The Hall–Kier alpha value is -1.17. The lowest BCUT2D eigenvalue weighted by atomic mass is 10.1. The van der Waals surface area contributed by atoms with Crippen LogP contribution in [0.4, 0.5) is 11.5 Å². The number of nitrogens with one attached hydrogen (secondary N) is 1. The lowest BCUT2D eigenvalue weighted by Gasteiger charge is -2.22. The topological polar surface area (TPSA) is 68.1 Å². The Kier molecular flexibility index (Phi) is 3.52. The lowest BCUT2D eigenvalue weighted by molar-refractivity contribution is -0.385. The summed E-state index contributed by atoms with van der Waals surface area (Å²) in [6, 6.07) is 1.41. The highest BCUT2D eigenvalue weighted by molar-refractivity contribution is 9.10. The van der Waals surface area contributed by atoms with Gasteiger partial charge in [-0.15, -0.1) is 0 Å². The molecule has 1 rings (SSSR count). The van der Waals surface area contributed by atoms with Gasteiger partial charge in [0.25, 0.3) is 5.69 Å². The second kappa shape index (κ2) is 4.37. The fourth-order valence-electron chi connectivity index (χ4n) is 1.23. The van der Waals surface area contributed by atoms with Crippen LogP contribution in [0.2, 0.25) is 0 Å². The Morgan fingerprint density at radius 2 is 2.06 bits per heavy atom. The van der Waals surface area contributed by atoms with Crippen LogP contribution in [0, 0.1) is 17.0 Å². The molecule has 0 amide bonds. The third kappa shape index (κ3) is 3.16. The van der Waals surface area contributed by atoms with E-state index in [9.17, 15) is 10.1 Å². The quantitative estimate of drug-likeness (QED) is 0.515. The molecule has 0 fully saturated rings. The average molecular weight is 288 g/mol. The van der Waals surface area contributed by atoms with E-state index in [-0.39, 0.29) is 11.2 Å². The number of hydrogen-bond acceptors (Lipinski definition) is 4. The third-order valence-electron chi connectivity index (χ3n) is 1.90. The normalized spacial score (nSPS) is 11.3. The molecule has 0 aliphatic rings. The molecule has 1 aromatic heterocycles. The minimum atomic E-state index is -0.407. The Bertz CT molecular complexity index is 427. The van der Waals surface area contributed by atoms with Gasteiger partial charge in [-0.25, -0.2) is 4.98 Å². The SMILES string of the molecule is Cc1c([N+](=O)[O-])cc(Br)nc1NC(C)(C)C. The van der Waals surface area contributed by atoms with Gasteiger partial charge in [0.2, 0.25) is 0 Å². The zero-order chi connectivity index (χ0) is 12.5. The van der Waals surface area contributed by atoms with E-state index in [0.717, 1.165) is 0 Å². The molecule has 0 atom stereocenters. The fourth-order valence-corrected chi connectivity index (χ4v) is 1.63. The van der Waals surface area contributed by atoms with Crippen molar-refractivity contribution in [3.05, 3.63) is 26.3 Å². The number of rotatable bonds is 2. The zero-order valence-corrected chi connectivity index (χ0v) is 11.3. The highest BCUT2D eigenvalue weighted by atomic mass is 79.9. The van der Waals surface area contributed by atoms with Gasteiger partial charge >= 0.3 is 0 Å². The molecule has 5 nitrogen and oxygen atoms in total. The summed E-state index contributed by atoms with van der Waals surface area (Å²) in [6.45, 7) is 7.61. The van der Waals surface area contributed by atoms with E-state index >= 15 is 0 Å². The van der Waals surface area contributed by atoms with Gasteiger partial charge in [0.15, 0.2) is 0 Å². The largest absolute Gasteiger partial charge is 0.365 e. The molecule has 0 unspecified atom stereocenters. The van der Waals surface area contributed by atoms with Crippen molar-refractivity contribution in [3.8, 4) is 0 Å². The van der Waals surface area contributed by atoms with E-state index < -0.39 is 4.92 Å². The number of halogens is 1. The maximum atomic E-state index is 10.8. The Labute approximate surface area is 103 Å². The van der Waals surface area contributed by atoms with Gasteiger partial charge in [-0.3, -0.25) is 10.1 Å². The summed E-state index contributed by atoms with van der Waals surface area (Å²) < 4.78 is 0.455. The van der Waals surface area contributed by atoms with Crippen molar-refractivity contribution >= 4 is 27.4 Å². The van der Waals surface area contributed by atoms with E-state index in [2.05, 4.69) is 26.2 Å². The summed E-state index contributed by atoms with van der Waals surface area (Å²) in [6.07, 6.45) is 0. The van der Waals surface area contributed by atoms with Crippen LogP contribution in [-0.4, -0.2) is 15.4 Å². The summed E-state index contributed by atoms with van der Waals surface area (Å²) >= 11 is 3.17. The maximum absolute atomic E-state index is 10.8. The molecule has 0 aromatic carbocycles.